The van der Waals surface area contributed by atoms with E-state index in [2.05, 4.69) is 14.9 Å². The fraction of sp³-hybridized carbons (Fsp3) is 0.750. The van der Waals surface area contributed by atoms with E-state index >= 15 is 0 Å². The lowest BCUT2D eigenvalue weighted by molar-refractivity contribution is -0.135. The van der Waals surface area contributed by atoms with E-state index in [4.69, 9.17) is 0 Å². The molecule has 2 atom stereocenters. The maximum atomic E-state index is 12.7. The van der Waals surface area contributed by atoms with Crippen LogP contribution in [-0.2, 0) is 4.79 Å². The second-order valence-corrected chi connectivity index (χ2v) is 6.33. The standard InChI is InChI=1S/C16H26N4O/c1-13(16(21)19-8-3-2-4-9-19)20-12-18-11-15(20)14-6-5-7-17-10-14/h11-14,17H,2-10H2,1H3. The van der Waals surface area contributed by atoms with Crippen LogP contribution >= 0.6 is 0 Å². The summed E-state index contributed by atoms with van der Waals surface area (Å²) in [6.07, 6.45) is 9.69. The first-order valence-electron chi connectivity index (χ1n) is 8.28. The zero-order valence-corrected chi connectivity index (χ0v) is 12.9. The third-order valence-corrected chi connectivity index (χ3v) is 4.85. The summed E-state index contributed by atoms with van der Waals surface area (Å²) in [5.74, 6) is 0.732. The molecule has 1 aromatic rings. The summed E-state index contributed by atoms with van der Waals surface area (Å²) < 4.78 is 2.09. The molecule has 0 aliphatic carbocycles. The van der Waals surface area contributed by atoms with Gasteiger partial charge in [0, 0.05) is 37.4 Å². The molecule has 0 bridgehead atoms. The fourth-order valence-corrected chi connectivity index (χ4v) is 3.56. The van der Waals surface area contributed by atoms with E-state index in [0.717, 1.165) is 39.0 Å². The molecular formula is C16H26N4O. The summed E-state index contributed by atoms with van der Waals surface area (Å²) in [6, 6.07) is -0.137. The minimum Gasteiger partial charge on any atom is -0.341 e. The minimum atomic E-state index is -0.137. The van der Waals surface area contributed by atoms with E-state index in [1.54, 1.807) is 0 Å². The summed E-state index contributed by atoms with van der Waals surface area (Å²) in [6.45, 7) is 5.94. The third kappa shape index (κ3) is 3.12. The molecule has 2 aliphatic rings. The Morgan fingerprint density at radius 2 is 2.14 bits per heavy atom. The van der Waals surface area contributed by atoms with Gasteiger partial charge >= 0.3 is 0 Å². The van der Waals surface area contributed by atoms with Crippen LogP contribution in [0.2, 0.25) is 0 Å². The van der Waals surface area contributed by atoms with Crippen LogP contribution < -0.4 is 5.32 Å². The van der Waals surface area contributed by atoms with Crippen LogP contribution in [0.5, 0.6) is 0 Å². The van der Waals surface area contributed by atoms with Crippen molar-refractivity contribution in [1.82, 2.24) is 19.8 Å². The molecule has 0 radical (unpaired) electrons. The fourth-order valence-electron chi connectivity index (χ4n) is 3.56. The number of hydrogen-bond acceptors (Lipinski definition) is 3. The number of nitrogens with one attached hydrogen (secondary N) is 1. The van der Waals surface area contributed by atoms with Gasteiger partial charge in [0.25, 0.3) is 0 Å². The lowest BCUT2D eigenvalue weighted by Crippen LogP contribution is -2.40. The number of likely N-dealkylation sites (tertiary alicyclic amines) is 1. The Hall–Kier alpha value is -1.36. The van der Waals surface area contributed by atoms with Gasteiger partial charge in [-0.05, 0) is 45.6 Å². The van der Waals surface area contributed by atoms with Gasteiger partial charge in [-0.3, -0.25) is 4.79 Å². The van der Waals surface area contributed by atoms with Gasteiger partial charge in [-0.1, -0.05) is 0 Å². The van der Waals surface area contributed by atoms with Crippen molar-refractivity contribution in [2.45, 2.75) is 51.0 Å². The average molecular weight is 290 g/mol. The van der Waals surface area contributed by atoms with Crippen molar-refractivity contribution in [1.29, 1.82) is 0 Å². The van der Waals surface area contributed by atoms with Gasteiger partial charge in [-0.15, -0.1) is 0 Å². The summed E-state index contributed by atoms with van der Waals surface area (Å²) in [7, 11) is 0. The van der Waals surface area contributed by atoms with Crippen molar-refractivity contribution in [3.8, 4) is 0 Å². The minimum absolute atomic E-state index is 0.137. The van der Waals surface area contributed by atoms with Gasteiger partial charge in [0.2, 0.25) is 5.91 Å². The normalized spacial score (nSPS) is 24.8. The van der Waals surface area contributed by atoms with E-state index in [9.17, 15) is 4.79 Å². The van der Waals surface area contributed by atoms with Crippen molar-refractivity contribution in [3.05, 3.63) is 18.2 Å². The van der Waals surface area contributed by atoms with E-state index < -0.39 is 0 Å². The molecule has 1 N–H and O–H groups in total. The third-order valence-electron chi connectivity index (χ3n) is 4.85. The Bertz CT molecular complexity index is 472. The zero-order chi connectivity index (χ0) is 14.7. The van der Waals surface area contributed by atoms with Crippen LogP contribution in [0.1, 0.15) is 56.7 Å². The van der Waals surface area contributed by atoms with Crippen molar-refractivity contribution >= 4 is 5.91 Å². The average Bonchev–Trinajstić information content (AvgIpc) is 3.04. The number of aromatic nitrogens is 2. The second-order valence-electron chi connectivity index (χ2n) is 6.33. The largest absolute Gasteiger partial charge is 0.341 e. The SMILES string of the molecule is CC(C(=O)N1CCCCC1)n1cncc1C1CCCNC1. The summed E-state index contributed by atoms with van der Waals surface area (Å²) in [4.78, 5) is 19.0. The van der Waals surface area contributed by atoms with Crippen LogP contribution in [0.25, 0.3) is 0 Å². The number of piperidine rings is 2. The summed E-state index contributed by atoms with van der Waals surface area (Å²) >= 11 is 0. The number of carbonyl (C=O) groups excluding carboxylic acids is 1. The highest BCUT2D eigenvalue weighted by molar-refractivity contribution is 5.80. The van der Waals surface area contributed by atoms with Gasteiger partial charge in [0.1, 0.15) is 6.04 Å². The molecule has 5 heteroatoms. The highest BCUT2D eigenvalue weighted by atomic mass is 16.2. The number of carbonyl (C=O) groups is 1. The van der Waals surface area contributed by atoms with Crippen molar-refractivity contribution in [3.63, 3.8) is 0 Å². The van der Waals surface area contributed by atoms with Crippen molar-refractivity contribution in [2.75, 3.05) is 26.2 Å². The molecule has 5 nitrogen and oxygen atoms in total. The molecular weight excluding hydrogens is 264 g/mol. The lowest BCUT2D eigenvalue weighted by Gasteiger charge is -2.31. The van der Waals surface area contributed by atoms with Crippen LogP contribution in [0.3, 0.4) is 0 Å². The molecule has 2 saturated heterocycles. The van der Waals surface area contributed by atoms with E-state index in [1.807, 2.05) is 24.3 Å². The highest BCUT2D eigenvalue weighted by Gasteiger charge is 2.27. The lowest BCUT2D eigenvalue weighted by atomic mass is 9.96. The van der Waals surface area contributed by atoms with Gasteiger partial charge in [0.05, 0.1) is 6.33 Å². The van der Waals surface area contributed by atoms with E-state index in [1.165, 1.54) is 25.0 Å². The van der Waals surface area contributed by atoms with Gasteiger partial charge in [0.15, 0.2) is 0 Å². The monoisotopic (exact) mass is 290 g/mol. The number of imidazole rings is 1. The van der Waals surface area contributed by atoms with Gasteiger partial charge < -0.3 is 14.8 Å². The van der Waals surface area contributed by atoms with Crippen molar-refractivity contribution < 1.29 is 4.79 Å². The van der Waals surface area contributed by atoms with Crippen LogP contribution in [-0.4, -0.2) is 46.5 Å². The molecule has 0 aromatic carbocycles. The topological polar surface area (TPSA) is 50.2 Å². The molecule has 21 heavy (non-hydrogen) atoms. The first kappa shape index (κ1) is 14.6. The first-order valence-corrected chi connectivity index (χ1v) is 8.28. The zero-order valence-electron chi connectivity index (χ0n) is 12.9. The Labute approximate surface area is 126 Å². The van der Waals surface area contributed by atoms with Crippen LogP contribution in [0.15, 0.2) is 12.5 Å². The van der Waals surface area contributed by atoms with E-state index in [-0.39, 0.29) is 11.9 Å². The molecule has 3 rings (SSSR count). The molecule has 1 aromatic heterocycles. The Morgan fingerprint density at radius 3 is 2.86 bits per heavy atom. The molecule has 3 heterocycles. The molecule has 2 unspecified atom stereocenters. The van der Waals surface area contributed by atoms with Gasteiger partial charge in [-0.25, -0.2) is 4.98 Å². The highest BCUT2D eigenvalue weighted by Crippen LogP contribution is 2.26. The molecule has 0 spiro atoms. The first-order chi connectivity index (χ1) is 10.3. The predicted octanol–water partition coefficient (Wildman–Crippen LogP) is 1.92. The molecule has 0 saturated carbocycles. The van der Waals surface area contributed by atoms with E-state index in [0.29, 0.717) is 5.92 Å². The molecule has 2 aliphatic heterocycles. The number of amides is 1. The smallest absolute Gasteiger partial charge is 0.245 e. The summed E-state index contributed by atoms with van der Waals surface area (Å²) in [5, 5.41) is 3.45. The maximum absolute atomic E-state index is 12.7. The number of nitrogens with zero attached hydrogens (tertiary/aromatic N) is 3. The van der Waals surface area contributed by atoms with Crippen molar-refractivity contribution in [2.24, 2.45) is 0 Å². The summed E-state index contributed by atoms with van der Waals surface area (Å²) in [5.41, 5.74) is 1.21. The Kier molecular flexibility index (Phi) is 4.58. The van der Waals surface area contributed by atoms with Crippen LogP contribution in [0, 0.1) is 0 Å². The second kappa shape index (κ2) is 6.60. The van der Waals surface area contributed by atoms with Gasteiger partial charge in [-0.2, -0.15) is 0 Å². The molecule has 1 amide bonds. The molecule has 2 fully saturated rings. The Balaban J connectivity index is 1.73. The maximum Gasteiger partial charge on any atom is 0.245 e. The Morgan fingerprint density at radius 1 is 1.33 bits per heavy atom. The van der Waals surface area contributed by atoms with Crippen LogP contribution in [0.4, 0.5) is 0 Å². The number of rotatable bonds is 3. The molecule has 116 valence electrons. The quantitative estimate of drug-likeness (QED) is 0.925. The number of hydrogen-bond donors (Lipinski definition) is 1. The predicted molar refractivity (Wildman–Crippen MR) is 82.2 cm³/mol.